The third-order valence-corrected chi connectivity index (χ3v) is 4.43. The van der Waals surface area contributed by atoms with Gasteiger partial charge in [-0.25, -0.2) is 14.6 Å². The van der Waals surface area contributed by atoms with Crippen LogP contribution in [0.1, 0.15) is 6.92 Å². The zero-order chi connectivity index (χ0) is 23.4. The number of carbonyl (C=O) groups is 4. The van der Waals surface area contributed by atoms with Crippen LogP contribution in [-0.2, 0) is 14.4 Å². The van der Waals surface area contributed by atoms with Crippen LogP contribution >= 0.6 is 0 Å². The van der Waals surface area contributed by atoms with Crippen LogP contribution in [0.5, 0.6) is 11.5 Å². The fourth-order valence-corrected chi connectivity index (χ4v) is 3.01. The number of amides is 5. The van der Waals surface area contributed by atoms with E-state index in [0.29, 0.717) is 9.80 Å². The van der Waals surface area contributed by atoms with Gasteiger partial charge in [-0.3, -0.25) is 24.5 Å². The monoisotopic (exact) mass is 442 g/mol. The molecule has 3 rings (SSSR count). The molecule has 1 fully saturated rings. The number of methoxy groups -OCH3 is 1. The quantitative estimate of drug-likeness (QED) is 0.282. The van der Waals surface area contributed by atoms with Crippen molar-refractivity contribution in [1.29, 1.82) is 0 Å². The molecular formula is C20H18N4O8. The van der Waals surface area contributed by atoms with Gasteiger partial charge in [0.1, 0.15) is 18.0 Å². The largest absolute Gasteiger partial charge is 0.494 e. The molecule has 2 aromatic rings. The summed E-state index contributed by atoms with van der Waals surface area (Å²) in [5.41, 5.74) is -0.0799. The lowest BCUT2D eigenvalue weighted by atomic mass is 10.2. The summed E-state index contributed by atoms with van der Waals surface area (Å²) in [5.74, 6) is -2.87. The Morgan fingerprint density at radius 1 is 1.09 bits per heavy atom. The Bertz CT molecular complexity index is 1120. The number of hydrogen-bond acceptors (Lipinski definition) is 8. The van der Waals surface area contributed by atoms with E-state index in [4.69, 9.17) is 9.47 Å². The first-order chi connectivity index (χ1) is 15.3. The highest BCUT2D eigenvalue weighted by atomic mass is 16.6. The minimum atomic E-state index is -1.17. The molecule has 2 aromatic carbocycles. The molecule has 1 heterocycles. The van der Waals surface area contributed by atoms with Crippen molar-refractivity contribution in [1.82, 2.24) is 4.90 Å². The molecule has 1 saturated heterocycles. The second-order valence-corrected chi connectivity index (χ2v) is 6.41. The summed E-state index contributed by atoms with van der Waals surface area (Å²) in [6.45, 7) is 1.24. The van der Waals surface area contributed by atoms with Crippen molar-refractivity contribution in [3.05, 3.63) is 52.6 Å². The number of ether oxygens (including phenoxy) is 2. The van der Waals surface area contributed by atoms with Crippen molar-refractivity contribution in [2.45, 2.75) is 6.92 Å². The first kappa shape index (κ1) is 22.2. The number of benzene rings is 2. The summed E-state index contributed by atoms with van der Waals surface area (Å²) >= 11 is 0. The molecule has 12 heteroatoms. The molecule has 0 aromatic heterocycles. The predicted octanol–water partition coefficient (Wildman–Crippen LogP) is 1.94. The van der Waals surface area contributed by atoms with Crippen LogP contribution < -0.4 is 19.7 Å². The van der Waals surface area contributed by atoms with E-state index in [-0.39, 0.29) is 35.2 Å². The Kier molecular flexibility index (Phi) is 6.33. The number of para-hydroxylation sites is 2. The van der Waals surface area contributed by atoms with Crippen LogP contribution in [-0.4, -0.2) is 53.8 Å². The first-order valence-corrected chi connectivity index (χ1v) is 9.32. The predicted molar refractivity (Wildman–Crippen MR) is 110 cm³/mol. The summed E-state index contributed by atoms with van der Waals surface area (Å²) in [7, 11) is 1.26. The fourth-order valence-electron chi connectivity index (χ4n) is 3.01. The van der Waals surface area contributed by atoms with Crippen molar-refractivity contribution >= 4 is 40.8 Å². The summed E-state index contributed by atoms with van der Waals surface area (Å²) in [6.07, 6.45) is 0. The van der Waals surface area contributed by atoms with E-state index < -0.39 is 35.2 Å². The molecule has 12 nitrogen and oxygen atoms in total. The minimum Gasteiger partial charge on any atom is -0.494 e. The number of hydrogen-bond donors (Lipinski definition) is 1. The van der Waals surface area contributed by atoms with E-state index in [0.717, 1.165) is 12.1 Å². The molecule has 32 heavy (non-hydrogen) atoms. The van der Waals surface area contributed by atoms with Gasteiger partial charge in [-0.15, -0.1) is 0 Å². The SMILES string of the molecule is CCOc1ccccc1N1C(=O)C(=O)N(CC(=O)Nc2ccc([N+](=O)[O-])cc2OC)C1=O. The van der Waals surface area contributed by atoms with Gasteiger partial charge in [0.05, 0.1) is 36.1 Å². The Labute approximate surface area is 181 Å². The molecule has 0 aliphatic carbocycles. The number of imide groups is 2. The van der Waals surface area contributed by atoms with Crippen LogP contribution in [0.15, 0.2) is 42.5 Å². The van der Waals surface area contributed by atoms with Gasteiger partial charge in [0, 0.05) is 6.07 Å². The van der Waals surface area contributed by atoms with E-state index in [9.17, 15) is 29.3 Å². The molecule has 0 saturated carbocycles. The molecule has 1 N–H and O–H groups in total. The van der Waals surface area contributed by atoms with Gasteiger partial charge in [0.25, 0.3) is 5.69 Å². The molecule has 166 valence electrons. The van der Waals surface area contributed by atoms with Gasteiger partial charge in [-0.05, 0) is 25.1 Å². The van der Waals surface area contributed by atoms with E-state index in [1.54, 1.807) is 25.1 Å². The van der Waals surface area contributed by atoms with Crippen LogP contribution in [0.2, 0.25) is 0 Å². The molecule has 0 atom stereocenters. The van der Waals surface area contributed by atoms with Gasteiger partial charge >= 0.3 is 17.8 Å². The molecule has 1 aliphatic heterocycles. The van der Waals surface area contributed by atoms with Crippen LogP contribution in [0.4, 0.5) is 21.9 Å². The van der Waals surface area contributed by atoms with Gasteiger partial charge in [0.15, 0.2) is 0 Å². The molecule has 0 spiro atoms. The number of nitro groups is 1. The smallest absolute Gasteiger partial charge is 0.339 e. The average molecular weight is 442 g/mol. The molecular weight excluding hydrogens is 424 g/mol. The normalized spacial score (nSPS) is 13.4. The summed E-state index contributed by atoms with van der Waals surface area (Å²) < 4.78 is 10.4. The number of nitro benzene ring substituents is 1. The van der Waals surface area contributed by atoms with Crippen molar-refractivity contribution < 1.29 is 33.6 Å². The number of non-ortho nitro benzene ring substituents is 1. The second-order valence-electron chi connectivity index (χ2n) is 6.41. The Balaban J connectivity index is 1.79. The van der Waals surface area contributed by atoms with Crippen LogP contribution in [0.25, 0.3) is 0 Å². The third kappa shape index (κ3) is 4.19. The molecule has 0 radical (unpaired) electrons. The van der Waals surface area contributed by atoms with Crippen molar-refractivity contribution in [3.63, 3.8) is 0 Å². The van der Waals surface area contributed by atoms with E-state index in [1.165, 1.54) is 19.2 Å². The maximum Gasteiger partial charge on any atom is 0.339 e. The maximum absolute atomic E-state index is 12.8. The number of nitrogens with one attached hydrogen (secondary N) is 1. The molecule has 1 aliphatic rings. The Morgan fingerprint density at radius 2 is 1.81 bits per heavy atom. The van der Waals surface area contributed by atoms with E-state index in [1.807, 2.05) is 0 Å². The number of nitrogens with zero attached hydrogens (tertiary/aromatic N) is 3. The topological polar surface area (TPSA) is 148 Å². The van der Waals surface area contributed by atoms with Gasteiger partial charge in [-0.1, -0.05) is 12.1 Å². The third-order valence-electron chi connectivity index (χ3n) is 4.43. The van der Waals surface area contributed by atoms with Crippen molar-refractivity contribution in [3.8, 4) is 11.5 Å². The second kappa shape index (κ2) is 9.12. The van der Waals surface area contributed by atoms with Gasteiger partial charge in [-0.2, -0.15) is 0 Å². The average Bonchev–Trinajstić information content (AvgIpc) is 2.97. The highest BCUT2D eigenvalue weighted by Gasteiger charge is 2.47. The molecule has 5 amide bonds. The highest BCUT2D eigenvalue weighted by Crippen LogP contribution is 2.32. The lowest BCUT2D eigenvalue weighted by molar-refractivity contribution is -0.384. The molecule has 0 unspecified atom stereocenters. The Hall–Kier alpha value is -4.48. The number of urea groups is 1. The van der Waals surface area contributed by atoms with Gasteiger partial charge < -0.3 is 14.8 Å². The van der Waals surface area contributed by atoms with Crippen molar-refractivity contribution in [2.24, 2.45) is 0 Å². The lowest BCUT2D eigenvalue weighted by Gasteiger charge is -2.18. The number of anilines is 2. The summed E-state index contributed by atoms with van der Waals surface area (Å²) in [5, 5.41) is 13.3. The Morgan fingerprint density at radius 3 is 2.47 bits per heavy atom. The van der Waals surface area contributed by atoms with Crippen LogP contribution in [0, 0.1) is 10.1 Å². The van der Waals surface area contributed by atoms with Gasteiger partial charge in [0.2, 0.25) is 5.91 Å². The summed E-state index contributed by atoms with van der Waals surface area (Å²) in [6, 6.07) is 8.71. The van der Waals surface area contributed by atoms with Crippen molar-refractivity contribution in [2.75, 3.05) is 30.5 Å². The fraction of sp³-hybridized carbons (Fsp3) is 0.200. The number of rotatable bonds is 8. The number of carbonyl (C=O) groups excluding carboxylic acids is 4. The highest BCUT2D eigenvalue weighted by molar-refractivity contribution is 6.53. The minimum absolute atomic E-state index is 0.00923. The standard InChI is InChI=1S/C20H18N4O8/c1-3-32-15-7-5-4-6-14(15)23-19(27)18(26)22(20(23)28)11-17(25)21-13-9-8-12(24(29)30)10-16(13)31-2/h4-10H,3,11H2,1-2H3,(H,21,25). The summed E-state index contributed by atoms with van der Waals surface area (Å²) in [4.78, 5) is 61.5. The maximum atomic E-state index is 12.8. The molecule has 0 bridgehead atoms. The zero-order valence-corrected chi connectivity index (χ0v) is 17.1. The van der Waals surface area contributed by atoms with E-state index in [2.05, 4.69) is 5.32 Å². The lowest BCUT2D eigenvalue weighted by Crippen LogP contribution is -2.39. The zero-order valence-electron chi connectivity index (χ0n) is 17.1. The first-order valence-electron chi connectivity index (χ1n) is 9.32. The van der Waals surface area contributed by atoms with E-state index >= 15 is 0 Å². The van der Waals surface area contributed by atoms with Crippen LogP contribution in [0.3, 0.4) is 0 Å².